The molecule has 1 aromatic heterocycles. The van der Waals surface area contributed by atoms with Gasteiger partial charge in [-0.25, -0.2) is 4.39 Å². The monoisotopic (exact) mass is 290 g/mol. The molecule has 112 valence electrons. The first kappa shape index (κ1) is 14.0. The maximum Gasteiger partial charge on any atom is 0.133 e. The summed E-state index contributed by atoms with van der Waals surface area (Å²) in [4.78, 5) is 2.34. The highest BCUT2D eigenvalue weighted by atomic mass is 19.1. The van der Waals surface area contributed by atoms with E-state index < -0.39 is 0 Å². The van der Waals surface area contributed by atoms with E-state index in [0.717, 1.165) is 45.0 Å². The first-order valence-corrected chi connectivity index (χ1v) is 7.10. The maximum atomic E-state index is 13.9. The Kier molecular flexibility index (Phi) is 4.17. The molecular formula is C15H19FN4O. The molecule has 2 N–H and O–H groups in total. The van der Waals surface area contributed by atoms with Crippen molar-refractivity contribution < 1.29 is 9.13 Å². The van der Waals surface area contributed by atoms with Crippen LogP contribution in [-0.2, 0) is 11.3 Å². The van der Waals surface area contributed by atoms with Gasteiger partial charge in [0.05, 0.1) is 26.0 Å². The second-order valence-electron chi connectivity index (χ2n) is 5.19. The van der Waals surface area contributed by atoms with Gasteiger partial charge in [-0.15, -0.1) is 0 Å². The zero-order valence-corrected chi connectivity index (χ0v) is 11.8. The Balaban J connectivity index is 1.65. The van der Waals surface area contributed by atoms with E-state index in [2.05, 4.69) is 10.00 Å². The lowest BCUT2D eigenvalue weighted by Crippen LogP contribution is -2.38. The van der Waals surface area contributed by atoms with Crippen LogP contribution in [0.25, 0.3) is 11.1 Å². The van der Waals surface area contributed by atoms with Crippen LogP contribution in [0, 0.1) is 5.82 Å². The molecule has 0 radical (unpaired) electrons. The molecule has 2 aromatic rings. The van der Waals surface area contributed by atoms with Crippen LogP contribution in [0.4, 0.5) is 10.1 Å². The summed E-state index contributed by atoms with van der Waals surface area (Å²) in [5.41, 5.74) is 7.29. The summed E-state index contributed by atoms with van der Waals surface area (Å²) in [5.74, 6) is -0.317. The van der Waals surface area contributed by atoms with Crippen molar-refractivity contribution in [1.29, 1.82) is 0 Å². The SMILES string of the molecule is Nc1ccc(-c2cnn(CCN3CCOCC3)c2)c(F)c1. The predicted molar refractivity (Wildman–Crippen MR) is 79.3 cm³/mol. The fourth-order valence-electron chi connectivity index (χ4n) is 2.46. The van der Waals surface area contributed by atoms with Gasteiger partial charge in [-0.2, -0.15) is 5.10 Å². The topological polar surface area (TPSA) is 56.3 Å². The van der Waals surface area contributed by atoms with Crippen LogP contribution in [0.15, 0.2) is 30.6 Å². The molecule has 2 heterocycles. The van der Waals surface area contributed by atoms with E-state index in [1.54, 1.807) is 18.3 Å². The second-order valence-corrected chi connectivity index (χ2v) is 5.19. The fraction of sp³-hybridized carbons (Fsp3) is 0.400. The average Bonchev–Trinajstić information content (AvgIpc) is 2.95. The van der Waals surface area contributed by atoms with Crippen LogP contribution >= 0.6 is 0 Å². The summed E-state index contributed by atoms with van der Waals surface area (Å²) < 4.78 is 21.1. The third-order valence-electron chi connectivity index (χ3n) is 3.69. The van der Waals surface area contributed by atoms with Crippen LogP contribution in [-0.4, -0.2) is 47.5 Å². The average molecular weight is 290 g/mol. The van der Waals surface area contributed by atoms with E-state index in [1.165, 1.54) is 6.07 Å². The Hall–Kier alpha value is -1.92. The second kappa shape index (κ2) is 6.24. The molecule has 3 rings (SSSR count). The number of aromatic nitrogens is 2. The van der Waals surface area contributed by atoms with E-state index in [9.17, 15) is 4.39 Å². The minimum absolute atomic E-state index is 0.317. The Labute approximate surface area is 123 Å². The molecule has 0 saturated carbocycles. The predicted octanol–water partition coefficient (Wildman–Crippen LogP) is 1.60. The molecule has 1 saturated heterocycles. The number of ether oxygens (including phenoxy) is 1. The number of nitrogens with two attached hydrogens (primary N) is 1. The summed E-state index contributed by atoms with van der Waals surface area (Å²) in [5, 5.41) is 4.30. The van der Waals surface area contributed by atoms with Crippen molar-refractivity contribution in [3.05, 3.63) is 36.4 Å². The van der Waals surface area contributed by atoms with Gasteiger partial charge in [-0.1, -0.05) is 0 Å². The molecule has 1 fully saturated rings. The van der Waals surface area contributed by atoms with Crippen LogP contribution in [0.3, 0.4) is 0 Å². The number of benzene rings is 1. The van der Waals surface area contributed by atoms with Gasteiger partial charge in [-0.3, -0.25) is 9.58 Å². The van der Waals surface area contributed by atoms with E-state index >= 15 is 0 Å². The smallest absolute Gasteiger partial charge is 0.133 e. The van der Waals surface area contributed by atoms with Crippen molar-refractivity contribution in [3.63, 3.8) is 0 Å². The molecule has 5 nitrogen and oxygen atoms in total. The van der Waals surface area contributed by atoms with Crippen molar-refractivity contribution in [2.75, 3.05) is 38.6 Å². The summed E-state index contributed by atoms with van der Waals surface area (Å²) >= 11 is 0. The van der Waals surface area contributed by atoms with Crippen LogP contribution in [0.1, 0.15) is 0 Å². The molecule has 1 aromatic carbocycles. The zero-order chi connectivity index (χ0) is 14.7. The first-order valence-electron chi connectivity index (χ1n) is 7.10. The summed E-state index contributed by atoms with van der Waals surface area (Å²) in [6.45, 7) is 5.22. The summed E-state index contributed by atoms with van der Waals surface area (Å²) in [6.07, 6.45) is 3.56. The van der Waals surface area contributed by atoms with Crippen molar-refractivity contribution in [1.82, 2.24) is 14.7 Å². The van der Waals surface area contributed by atoms with Crippen molar-refractivity contribution >= 4 is 5.69 Å². The van der Waals surface area contributed by atoms with Gasteiger partial charge in [0.25, 0.3) is 0 Å². The van der Waals surface area contributed by atoms with E-state index in [-0.39, 0.29) is 5.82 Å². The van der Waals surface area contributed by atoms with E-state index in [4.69, 9.17) is 10.5 Å². The quantitative estimate of drug-likeness (QED) is 0.869. The highest BCUT2D eigenvalue weighted by Gasteiger charge is 2.11. The normalized spacial score (nSPS) is 16.2. The number of rotatable bonds is 4. The number of nitrogen functional groups attached to an aromatic ring is 1. The van der Waals surface area contributed by atoms with Crippen LogP contribution in [0.2, 0.25) is 0 Å². The van der Waals surface area contributed by atoms with Crippen molar-refractivity contribution in [3.8, 4) is 11.1 Å². The van der Waals surface area contributed by atoms with E-state index in [1.807, 2.05) is 10.9 Å². The molecule has 21 heavy (non-hydrogen) atoms. The van der Waals surface area contributed by atoms with Gasteiger partial charge >= 0.3 is 0 Å². The minimum atomic E-state index is -0.317. The Morgan fingerprint density at radius 2 is 2.05 bits per heavy atom. The molecular weight excluding hydrogens is 271 g/mol. The van der Waals surface area contributed by atoms with Gasteiger partial charge in [0, 0.05) is 42.6 Å². The summed E-state index contributed by atoms with van der Waals surface area (Å²) in [7, 11) is 0. The molecule has 0 bridgehead atoms. The van der Waals surface area contributed by atoms with Gasteiger partial charge in [0.1, 0.15) is 5.82 Å². The van der Waals surface area contributed by atoms with Gasteiger partial charge in [0.2, 0.25) is 0 Å². The number of hydrogen-bond donors (Lipinski definition) is 1. The van der Waals surface area contributed by atoms with E-state index in [0.29, 0.717) is 11.3 Å². The molecule has 1 aliphatic rings. The highest BCUT2D eigenvalue weighted by molar-refractivity contribution is 5.64. The number of hydrogen-bond acceptors (Lipinski definition) is 4. The molecule has 0 spiro atoms. The lowest BCUT2D eigenvalue weighted by Gasteiger charge is -2.26. The number of morpholine rings is 1. The van der Waals surface area contributed by atoms with Gasteiger partial charge < -0.3 is 10.5 Å². The summed E-state index contributed by atoms with van der Waals surface area (Å²) in [6, 6.07) is 4.72. The number of nitrogens with zero attached hydrogens (tertiary/aromatic N) is 3. The molecule has 0 atom stereocenters. The third kappa shape index (κ3) is 3.40. The molecule has 6 heteroatoms. The Morgan fingerprint density at radius 1 is 1.24 bits per heavy atom. The van der Waals surface area contributed by atoms with Crippen LogP contribution < -0.4 is 5.73 Å². The van der Waals surface area contributed by atoms with Crippen molar-refractivity contribution in [2.24, 2.45) is 0 Å². The molecule has 1 aliphatic heterocycles. The molecule has 0 unspecified atom stereocenters. The first-order chi connectivity index (χ1) is 10.2. The maximum absolute atomic E-state index is 13.9. The lowest BCUT2D eigenvalue weighted by molar-refractivity contribution is 0.0360. The molecule has 0 aliphatic carbocycles. The lowest BCUT2D eigenvalue weighted by atomic mass is 10.1. The fourth-order valence-corrected chi connectivity index (χ4v) is 2.46. The van der Waals surface area contributed by atoms with Gasteiger partial charge in [-0.05, 0) is 18.2 Å². The van der Waals surface area contributed by atoms with Gasteiger partial charge in [0.15, 0.2) is 0 Å². The Morgan fingerprint density at radius 3 is 2.81 bits per heavy atom. The minimum Gasteiger partial charge on any atom is -0.399 e. The highest BCUT2D eigenvalue weighted by Crippen LogP contribution is 2.23. The third-order valence-corrected chi connectivity index (χ3v) is 3.69. The van der Waals surface area contributed by atoms with Crippen LogP contribution in [0.5, 0.6) is 0 Å². The number of halogens is 1. The van der Waals surface area contributed by atoms with Crippen molar-refractivity contribution in [2.45, 2.75) is 6.54 Å². The molecule has 0 amide bonds. The standard InChI is InChI=1S/C15H19FN4O/c16-15-9-13(17)1-2-14(15)12-10-18-20(11-12)4-3-19-5-7-21-8-6-19/h1-2,9-11H,3-8,17H2. The number of anilines is 1. The Bertz CT molecular complexity index is 607. The zero-order valence-electron chi connectivity index (χ0n) is 11.8. The largest absolute Gasteiger partial charge is 0.399 e.